The summed E-state index contributed by atoms with van der Waals surface area (Å²) >= 11 is 0. The van der Waals surface area contributed by atoms with E-state index in [-0.39, 0.29) is 0 Å². The largest absolute Gasteiger partial charge is 0.391 e. The van der Waals surface area contributed by atoms with Crippen molar-refractivity contribution in [1.82, 2.24) is 0 Å². The molecule has 24 heavy (non-hydrogen) atoms. The van der Waals surface area contributed by atoms with E-state index < -0.39 is 12.1 Å². The number of alkyl halides is 3. The average molecular weight is 340 g/mol. The molecule has 4 rings (SSSR count). The number of rotatable bonds is 0. The predicted molar refractivity (Wildman–Crippen MR) is 90.4 cm³/mol. The first kappa shape index (κ1) is 17.0. The van der Waals surface area contributed by atoms with E-state index in [2.05, 4.69) is 19.9 Å². The average Bonchev–Trinajstić information content (AvgIpc) is 2.89. The second-order valence-electron chi connectivity index (χ2n) is 9.30. The van der Waals surface area contributed by atoms with E-state index in [1.54, 1.807) is 5.57 Å². The molecule has 4 fully saturated rings. The maximum Gasteiger partial charge on any atom is 0.391 e. The van der Waals surface area contributed by atoms with Crippen molar-refractivity contribution >= 4 is 0 Å². The van der Waals surface area contributed by atoms with Crippen molar-refractivity contribution in [2.45, 2.75) is 77.8 Å². The summed E-state index contributed by atoms with van der Waals surface area (Å²) in [5.74, 6) is 2.20. The lowest BCUT2D eigenvalue weighted by atomic mass is 9.50. The Kier molecular flexibility index (Phi) is 4.08. The lowest BCUT2D eigenvalue weighted by molar-refractivity contribution is -0.195. The van der Waals surface area contributed by atoms with Crippen molar-refractivity contribution in [2.75, 3.05) is 0 Å². The zero-order chi connectivity index (χ0) is 17.1. The van der Waals surface area contributed by atoms with Crippen LogP contribution in [0.15, 0.2) is 11.6 Å². The highest BCUT2D eigenvalue weighted by molar-refractivity contribution is 5.23. The van der Waals surface area contributed by atoms with Gasteiger partial charge in [-0.25, -0.2) is 0 Å². The van der Waals surface area contributed by atoms with Gasteiger partial charge in [-0.1, -0.05) is 18.6 Å². The van der Waals surface area contributed by atoms with Gasteiger partial charge in [-0.15, -0.1) is 0 Å². The first-order valence-electron chi connectivity index (χ1n) is 10.1. The zero-order valence-corrected chi connectivity index (χ0v) is 15.0. The van der Waals surface area contributed by atoms with Gasteiger partial charge >= 0.3 is 6.18 Å². The second-order valence-corrected chi connectivity index (χ2v) is 9.30. The fourth-order valence-electron chi connectivity index (χ4n) is 7.47. The van der Waals surface area contributed by atoms with Gasteiger partial charge in [-0.2, -0.15) is 13.2 Å². The van der Waals surface area contributed by atoms with Crippen molar-refractivity contribution in [1.29, 1.82) is 0 Å². The molecular formula is C21H31F3. The van der Waals surface area contributed by atoms with Crippen LogP contribution in [0.2, 0.25) is 0 Å². The highest BCUT2D eigenvalue weighted by Gasteiger charge is 2.56. The molecule has 3 heteroatoms. The monoisotopic (exact) mass is 340 g/mol. The Labute approximate surface area is 144 Å². The summed E-state index contributed by atoms with van der Waals surface area (Å²) in [5.41, 5.74) is 2.06. The molecule has 0 heterocycles. The molecule has 4 aliphatic rings. The van der Waals surface area contributed by atoms with E-state index in [1.165, 1.54) is 32.1 Å². The predicted octanol–water partition coefficient (Wildman–Crippen LogP) is 6.76. The van der Waals surface area contributed by atoms with Crippen LogP contribution in [0, 0.1) is 40.9 Å². The van der Waals surface area contributed by atoms with Crippen molar-refractivity contribution in [3.05, 3.63) is 11.6 Å². The molecule has 7 atom stereocenters. The SMILES string of the molecule is C/C=C1/CCC2C3CCC4CC(C(F)(F)F)CCC4C3CCC12C. The number of halogens is 3. The van der Waals surface area contributed by atoms with Gasteiger partial charge in [0.2, 0.25) is 0 Å². The van der Waals surface area contributed by atoms with Gasteiger partial charge in [0, 0.05) is 0 Å². The molecule has 0 aromatic heterocycles. The van der Waals surface area contributed by atoms with Gasteiger partial charge in [0.25, 0.3) is 0 Å². The maximum atomic E-state index is 13.1. The summed E-state index contributed by atoms with van der Waals surface area (Å²) in [6.07, 6.45) is 7.34. The summed E-state index contributed by atoms with van der Waals surface area (Å²) in [5, 5.41) is 0. The Balaban J connectivity index is 1.52. The Morgan fingerprint density at radius 2 is 1.71 bits per heavy atom. The van der Waals surface area contributed by atoms with Crippen LogP contribution in [-0.4, -0.2) is 6.18 Å². The molecule has 4 saturated carbocycles. The van der Waals surface area contributed by atoms with Gasteiger partial charge in [0.05, 0.1) is 5.92 Å². The fraction of sp³-hybridized carbons (Fsp3) is 0.905. The lowest BCUT2D eigenvalue weighted by Crippen LogP contribution is -2.48. The first-order valence-corrected chi connectivity index (χ1v) is 10.1. The van der Waals surface area contributed by atoms with Crippen molar-refractivity contribution in [3.63, 3.8) is 0 Å². The van der Waals surface area contributed by atoms with Crippen LogP contribution in [0.5, 0.6) is 0 Å². The van der Waals surface area contributed by atoms with Crippen molar-refractivity contribution in [3.8, 4) is 0 Å². The standard InChI is InChI=1S/C21H31F3/c1-3-14-6-9-19-18-7-4-13-12-15(21(22,23)24)5-8-16(13)17(18)10-11-20(14,19)2/h3,13,15-19H,4-12H2,1-2H3/b14-3-. The summed E-state index contributed by atoms with van der Waals surface area (Å²) in [6.45, 7) is 4.66. The Morgan fingerprint density at radius 3 is 2.42 bits per heavy atom. The molecule has 0 aromatic carbocycles. The molecule has 0 saturated heterocycles. The van der Waals surface area contributed by atoms with E-state index in [9.17, 15) is 13.2 Å². The van der Waals surface area contributed by atoms with E-state index in [0.29, 0.717) is 36.0 Å². The quantitative estimate of drug-likeness (QED) is 0.427. The van der Waals surface area contributed by atoms with Crippen LogP contribution in [0.3, 0.4) is 0 Å². The van der Waals surface area contributed by atoms with Crippen LogP contribution in [0.4, 0.5) is 13.2 Å². The van der Waals surface area contributed by atoms with Crippen molar-refractivity contribution in [2.24, 2.45) is 40.9 Å². The van der Waals surface area contributed by atoms with Gasteiger partial charge in [-0.3, -0.25) is 0 Å². The minimum atomic E-state index is -3.97. The number of fused-ring (bicyclic) bond motifs is 5. The third-order valence-corrected chi connectivity index (χ3v) is 8.61. The van der Waals surface area contributed by atoms with Crippen molar-refractivity contribution < 1.29 is 13.2 Å². The smallest absolute Gasteiger partial charge is 0.171 e. The van der Waals surface area contributed by atoms with Crippen LogP contribution in [-0.2, 0) is 0 Å². The zero-order valence-electron chi connectivity index (χ0n) is 15.0. The Hall–Kier alpha value is -0.470. The molecule has 7 unspecified atom stereocenters. The molecule has 4 aliphatic carbocycles. The number of hydrogen-bond acceptors (Lipinski definition) is 0. The molecule has 0 bridgehead atoms. The second kappa shape index (κ2) is 5.77. The molecule has 0 nitrogen and oxygen atoms in total. The summed E-state index contributed by atoms with van der Waals surface area (Å²) in [7, 11) is 0. The molecule has 0 spiro atoms. The van der Waals surface area contributed by atoms with Crippen LogP contribution >= 0.6 is 0 Å². The van der Waals surface area contributed by atoms with E-state index in [1.807, 2.05) is 0 Å². The highest BCUT2D eigenvalue weighted by atomic mass is 19.4. The third-order valence-electron chi connectivity index (χ3n) is 8.61. The third kappa shape index (κ3) is 2.48. The van der Waals surface area contributed by atoms with Gasteiger partial charge in [-0.05, 0) is 99.7 Å². The molecule has 0 aromatic rings. The molecule has 0 N–H and O–H groups in total. The summed E-state index contributed by atoms with van der Waals surface area (Å²) in [6, 6.07) is 0. The van der Waals surface area contributed by atoms with Gasteiger partial charge in [0.15, 0.2) is 0 Å². The number of allylic oxidation sites excluding steroid dienone is 2. The summed E-state index contributed by atoms with van der Waals surface area (Å²) in [4.78, 5) is 0. The number of hydrogen-bond donors (Lipinski definition) is 0. The maximum absolute atomic E-state index is 13.1. The lowest BCUT2D eigenvalue weighted by Gasteiger charge is -2.55. The van der Waals surface area contributed by atoms with Gasteiger partial charge in [0.1, 0.15) is 0 Å². The van der Waals surface area contributed by atoms with Crippen LogP contribution < -0.4 is 0 Å². The molecule has 136 valence electrons. The van der Waals surface area contributed by atoms with Crippen LogP contribution in [0.1, 0.15) is 71.6 Å². The minimum absolute atomic E-state index is 0.346. The summed E-state index contributed by atoms with van der Waals surface area (Å²) < 4.78 is 39.4. The normalized spacial score (nSPS) is 50.3. The topological polar surface area (TPSA) is 0 Å². The molecule has 0 amide bonds. The van der Waals surface area contributed by atoms with Crippen LogP contribution in [0.25, 0.3) is 0 Å². The van der Waals surface area contributed by atoms with E-state index in [0.717, 1.165) is 24.7 Å². The van der Waals surface area contributed by atoms with Gasteiger partial charge < -0.3 is 0 Å². The molecular weight excluding hydrogens is 309 g/mol. The fourth-order valence-corrected chi connectivity index (χ4v) is 7.47. The van der Waals surface area contributed by atoms with E-state index in [4.69, 9.17) is 0 Å². The molecule has 0 aliphatic heterocycles. The minimum Gasteiger partial charge on any atom is -0.171 e. The van der Waals surface area contributed by atoms with E-state index >= 15 is 0 Å². The Morgan fingerprint density at radius 1 is 0.958 bits per heavy atom. The Bertz CT molecular complexity index is 520. The highest BCUT2D eigenvalue weighted by Crippen LogP contribution is 2.64. The first-order chi connectivity index (χ1) is 11.3. The molecule has 0 radical (unpaired) electrons.